The lowest BCUT2D eigenvalue weighted by Gasteiger charge is -2.14. The normalized spacial score (nSPS) is 12.0. The predicted molar refractivity (Wildman–Crippen MR) is 51.6 cm³/mol. The number of aromatic nitrogens is 2. The van der Waals surface area contributed by atoms with Gasteiger partial charge in [0.25, 0.3) is 5.92 Å². The molecular weight excluding hydrogens is 204 g/mol. The topological polar surface area (TPSA) is 50.1 Å². The van der Waals surface area contributed by atoms with E-state index in [0.717, 1.165) is 12.2 Å². The fourth-order valence-corrected chi connectivity index (χ4v) is 1.21. The maximum atomic E-state index is 12.6. The fraction of sp³-hybridized carbons (Fsp3) is 0.667. The van der Waals surface area contributed by atoms with Crippen LogP contribution >= 0.6 is 0 Å². The highest BCUT2D eigenvalue weighted by atomic mass is 19.3. The van der Waals surface area contributed by atoms with E-state index in [1.165, 1.54) is 0 Å². The summed E-state index contributed by atoms with van der Waals surface area (Å²) in [5.74, 6) is -3.06. The highest BCUT2D eigenvalue weighted by molar-refractivity contribution is 4.97. The summed E-state index contributed by atoms with van der Waals surface area (Å²) in [4.78, 5) is 3.91. The van der Waals surface area contributed by atoms with E-state index in [-0.39, 0.29) is 0 Å². The molecule has 4 nitrogen and oxygen atoms in total. The average Bonchev–Trinajstić information content (AvgIpc) is 2.65. The van der Waals surface area contributed by atoms with Gasteiger partial charge in [0.1, 0.15) is 6.61 Å². The second-order valence-corrected chi connectivity index (χ2v) is 3.29. The lowest BCUT2D eigenvalue weighted by Crippen LogP contribution is -2.35. The quantitative estimate of drug-likeness (QED) is 0.737. The molecule has 1 rings (SSSR count). The third-order valence-corrected chi connectivity index (χ3v) is 2.06. The van der Waals surface area contributed by atoms with Crippen molar-refractivity contribution >= 4 is 0 Å². The Morgan fingerprint density at radius 3 is 2.93 bits per heavy atom. The molecule has 1 aromatic heterocycles. The summed E-state index contributed by atoms with van der Waals surface area (Å²) in [5, 5.41) is 10.9. The van der Waals surface area contributed by atoms with E-state index in [2.05, 4.69) is 10.3 Å². The molecule has 86 valence electrons. The third-order valence-electron chi connectivity index (χ3n) is 2.06. The molecule has 0 spiro atoms. The van der Waals surface area contributed by atoms with Crippen LogP contribution in [-0.2, 0) is 13.1 Å². The number of rotatable bonds is 6. The van der Waals surface area contributed by atoms with E-state index >= 15 is 0 Å². The molecule has 0 atom stereocenters. The first-order valence-electron chi connectivity index (χ1n) is 4.77. The molecular formula is C9H15F2N3O. The number of alkyl halides is 2. The molecule has 1 heterocycles. The zero-order valence-corrected chi connectivity index (χ0v) is 8.58. The molecule has 15 heavy (non-hydrogen) atoms. The zero-order chi connectivity index (χ0) is 11.3. The van der Waals surface area contributed by atoms with Crippen molar-refractivity contribution in [3.8, 4) is 0 Å². The van der Waals surface area contributed by atoms with Gasteiger partial charge in [-0.1, -0.05) is 0 Å². The molecule has 6 heteroatoms. The van der Waals surface area contributed by atoms with Crippen LogP contribution in [0.3, 0.4) is 0 Å². The minimum Gasteiger partial charge on any atom is -0.390 e. The number of aryl methyl sites for hydroxylation is 1. The van der Waals surface area contributed by atoms with Gasteiger partial charge in [-0.3, -0.25) is 0 Å². The maximum Gasteiger partial charge on any atom is 0.282 e. The van der Waals surface area contributed by atoms with Crippen molar-refractivity contribution in [2.45, 2.75) is 25.9 Å². The fourth-order valence-electron chi connectivity index (χ4n) is 1.21. The van der Waals surface area contributed by atoms with Gasteiger partial charge in [-0.15, -0.1) is 0 Å². The Kier molecular flexibility index (Phi) is 4.16. The second-order valence-electron chi connectivity index (χ2n) is 3.29. The Morgan fingerprint density at radius 1 is 1.60 bits per heavy atom. The lowest BCUT2D eigenvalue weighted by atomic mass is 10.3. The Balaban J connectivity index is 2.38. The largest absolute Gasteiger partial charge is 0.390 e. The Morgan fingerprint density at radius 2 is 2.33 bits per heavy atom. The molecule has 0 amide bonds. The Hall–Kier alpha value is -1.01. The zero-order valence-electron chi connectivity index (χ0n) is 8.58. The van der Waals surface area contributed by atoms with Crippen molar-refractivity contribution in [1.82, 2.24) is 14.9 Å². The highest BCUT2D eigenvalue weighted by Gasteiger charge is 2.26. The number of halogens is 2. The molecule has 0 aliphatic rings. The van der Waals surface area contributed by atoms with Gasteiger partial charge in [0.2, 0.25) is 0 Å². The van der Waals surface area contributed by atoms with Gasteiger partial charge in [-0.05, 0) is 6.92 Å². The summed E-state index contributed by atoms with van der Waals surface area (Å²) in [6, 6.07) is 0. The van der Waals surface area contributed by atoms with Crippen LogP contribution in [0.15, 0.2) is 12.5 Å². The van der Waals surface area contributed by atoms with E-state index in [1.54, 1.807) is 12.5 Å². The summed E-state index contributed by atoms with van der Waals surface area (Å²) in [6.07, 6.45) is 3.29. The number of hydrogen-bond acceptors (Lipinski definition) is 3. The number of imidazole rings is 1. The van der Waals surface area contributed by atoms with E-state index < -0.39 is 19.1 Å². The minimum absolute atomic E-state index is 0.323. The molecule has 0 aromatic carbocycles. The molecule has 0 aliphatic heterocycles. The summed E-state index contributed by atoms with van der Waals surface area (Å²) >= 11 is 0. The van der Waals surface area contributed by atoms with Gasteiger partial charge in [0.05, 0.1) is 18.6 Å². The van der Waals surface area contributed by atoms with E-state index in [0.29, 0.717) is 6.54 Å². The molecule has 0 saturated heterocycles. The van der Waals surface area contributed by atoms with Crippen LogP contribution < -0.4 is 5.32 Å². The van der Waals surface area contributed by atoms with Crippen LogP contribution in [0.5, 0.6) is 0 Å². The standard InChI is InChI=1S/C9H15F2N3O/c1-2-14-7-13-4-8(14)3-12-5-9(10,11)6-15/h4,7,12,15H,2-3,5-6H2,1H3. The average molecular weight is 219 g/mol. The summed E-state index contributed by atoms with van der Waals surface area (Å²) < 4.78 is 27.1. The second kappa shape index (κ2) is 5.18. The maximum absolute atomic E-state index is 12.6. The smallest absolute Gasteiger partial charge is 0.282 e. The summed E-state index contributed by atoms with van der Waals surface area (Å²) in [7, 11) is 0. The number of nitrogens with one attached hydrogen (secondary N) is 1. The summed E-state index contributed by atoms with van der Waals surface area (Å²) in [5.41, 5.74) is 0.853. The van der Waals surface area contributed by atoms with Gasteiger partial charge >= 0.3 is 0 Å². The predicted octanol–water partition coefficient (Wildman–Crippen LogP) is 0.620. The SMILES string of the molecule is CCn1cncc1CNCC(F)(F)CO. The van der Waals surface area contributed by atoms with Gasteiger partial charge in [0, 0.05) is 19.3 Å². The molecule has 0 bridgehead atoms. The van der Waals surface area contributed by atoms with Crippen molar-refractivity contribution in [3.05, 3.63) is 18.2 Å². The van der Waals surface area contributed by atoms with Crippen LogP contribution in [0.2, 0.25) is 0 Å². The highest BCUT2D eigenvalue weighted by Crippen LogP contribution is 2.10. The number of hydrogen-bond donors (Lipinski definition) is 2. The number of aliphatic hydroxyl groups is 1. The van der Waals surface area contributed by atoms with E-state index in [9.17, 15) is 8.78 Å². The van der Waals surface area contributed by atoms with Crippen LogP contribution in [0.25, 0.3) is 0 Å². The number of nitrogens with zero attached hydrogens (tertiary/aromatic N) is 2. The Labute approximate surface area is 86.9 Å². The molecule has 1 aromatic rings. The van der Waals surface area contributed by atoms with Crippen molar-refractivity contribution in [3.63, 3.8) is 0 Å². The number of aliphatic hydroxyl groups excluding tert-OH is 1. The monoisotopic (exact) mass is 219 g/mol. The molecule has 2 N–H and O–H groups in total. The van der Waals surface area contributed by atoms with Crippen molar-refractivity contribution in [1.29, 1.82) is 0 Å². The molecule has 0 fully saturated rings. The van der Waals surface area contributed by atoms with Crippen molar-refractivity contribution < 1.29 is 13.9 Å². The van der Waals surface area contributed by atoms with E-state index in [4.69, 9.17) is 5.11 Å². The molecule has 0 saturated carbocycles. The van der Waals surface area contributed by atoms with Gasteiger partial charge in [-0.25, -0.2) is 13.8 Å². The van der Waals surface area contributed by atoms with Crippen LogP contribution in [0.1, 0.15) is 12.6 Å². The van der Waals surface area contributed by atoms with Crippen LogP contribution in [-0.4, -0.2) is 33.7 Å². The van der Waals surface area contributed by atoms with Crippen molar-refractivity contribution in [2.75, 3.05) is 13.2 Å². The first-order valence-corrected chi connectivity index (χ1v) is 4.77. The van der Waals surface area contributed by atoms with Crippen LogP contribution in [0.4, 0.5) is 8.78 Å². The third kappa shape index (κ3) is 3.56. The molecule has 0 unspecified atom stereocenters. The summed E-state index contributed by atoms with van der Waals surface area (Å²) in [6.45, 7) is 1.37. The van der Waals surface area contributed by atoms with Gasteiger partial charge < -0.3 is 15.0 Å². The van der Waals surface area contributed by atoms with Crippen LogP contribution in [0, 0.1) is 0 Å². The van der Waals surface area contributed by atoms with Gasteiger partial charge in [-0.2, -0.15) is 0 Å². The lowest BCUT2D eigenvalue weighted by molar-refractivity contribution is -0.0478. The first kappa shape index (κ1) is 12.1. The molecule has 0 radical (unpaired) electrons. The van der Waals surface area contributed by atoms with E-state index in [1.807, 2.05) is 11.5 Å². The van der Waals surface area contributed by atoms with Gasteiger partial charge in [0.15, 0.2) is 0 Å². The minimum atomic E-state index is -3.06. The molecule has 0 aliphatic carbocycles. The first-order chi connectivity index (χ1) is 7.09. The Bertz CT molecular complexity index is 301. The van der Waals surface area contributed by atoms with Crippen molar-refractivity contribution in [2.24, 2.45) is 0 Å².